The lowest BCUT2D eigenvalue weighted by molar-refractivity contribution is 0.576. The van der Waals surface area contributed by atoms with Gasteiger partial charge in [0.1, 0.15) is 5.82 Å². The highest BCUT2D eigenvalue weighted by atomic mass is 79.9. The van der Waals surface area contributed by atoms with Gasteiger partial charge < -0.3 is 10.3 Å². The van der Waals surface area contributed by atoms with E-state index < -0.39 is 0 Å². The summed E-state index contributed by atoms with van der Waals surface area (Å²) in [7, 11) is 1.94. The molecule has 17 heavy (non-hydrogen) atoms. The number of H-pyrrole nitrogens is 1. The second kappa shape index (κ2) is 5.67. The Hall–Kier alpha value is -0.840. The van der Waals surface area contributed by atoms with Gasteiger partial charge in [-0.25, -0.2) is 4.98 Å². The number of imidazole rings is 1. The molecule has 0 saturated carbocycles. The Bertz CT molecular complexity index is 485. The highest BCUT2D eigenvalue weighted by Crippen LogP contribution is 2.28. The van der Waals surface area contributed by atoms with Crippen LogP contribution in [0.15, 0.2) is 35.1 Å². The number of likely N-dealkylation sites (N-methyl/N-ethyl adjacent to an activating group) is 1. The van der Waals surface area contributed by atoms with Gasteiger partial charge in [-0.3, -0.25) is 0 Å². The standard InChI is InChI=1S/C12H13BrClN3/c1-15-11(7-12-16-4-5-17-12)9-3-2-8(14)6-10(9)13/h2-6,11,15H,7H2,1H3,(H,16,17). The van der Waals surface area contributed by atoms with Crippen molar-refractivity contribution in [3.63, 3.8) is 0 Å². The molecule has 0 fully saturated rings. The van der Waals surface area contributed by atoms with E-state index in [9.17, 15) is 0 Å². The summed E-state index contributed by atoms with van der Waals surface area (Å²) in [6.45, 7) is 0. The quantitative estimate of drug-likeness (QED) is 0.909. The SMILES string of the molecule is CNC(Cc1ncc[nH]1)c1ccc(Cl)cc1Br. The average Bonchev–Trinajstić information content (AvgIpc) is 2.79. The monoisotopic (exact) mass is 313 g/mol. The van der Waals surface area contributed by atoms with E-state index in [0.29, 0.717) is 0 Å². The summed E-state index contributed by atoms with van der Waals surface area (Å²) in [5.74, 6) is 0.964. The minimum atomic E-state index is 0.202. The van der Waals surface area contributed by atoms with Crippen LogP contribution in [0, 0.1) is 0 Å². The molecule has 2 N–H and O–H groups in total. The number of benzene rings is 1. The molecule has 5 heteroatoms. The van der Waals surface area contributed by atoms with Gasteiger partial charge in [-0.05, 0) is 24.7 Å². The van der Waals surface area contributed by atoms with E-state index in [0.717, 1.165) is 21.7 Å². The number of aromatic amines is 1. The van der Waals surface area contributed by atoms with E-state index >= 15 is 0 Å². The summed E-state index contributed by atoms with van der Waals surface area (Å²) in [4.78, 5) is 7.35. The summed E-state index contributed by atoms with van der Waals surface area (Å²) < 4.78 is 1.01. The maximum atomic E-state index is 5.94. The molecule has 0 aliphatic carbocycles. The van der Waals surface area contributed by atoms with Crippen LogP contribution in [0.2, 0.25) is 5.02 Å². The summed E-state index contributed by atoms with van der Waals surface area (Å²) in [6.07, 6.45) is 4.40. The number of halogens is 2. The van der Waals surface area contributed by atoms with E-state index in [1.54, 1.807) is 6.20 Å². The summed E-state index contributed by atoms with van der Waals surface area (Å²) in [6, 6.07) is 6.03. The predicted octanol–water partition coefficient (Wildman–Crippen LogP) is 3.33. The smallest absolute Gasteiger partial charge is 0.107 e. The summed E-state index contributed by atoms with van der Waals surface area (Å²) >= 11 is 9.48. The summed E-state index contributed by atoms with van der Waals surface area (Å²) in [5.41, 5.74) is 1.17. The van der Waals surface area contributed by atoms with Crippen molar-refractivity contribution in [3.8, 4) is 0 Å². The number of nitrogens with zero attached hydrogens (tertiary/aromatic N) is 1. The third kappa shape index (κ3) is 3.09. The first-order valence-corrected chi connectivity index (χ1v) is 6.48. The zero-order valence-corrected chi connectivity index (χ0v) is 11.7. The van der Waals surface area contributed by atoms with Crippen molar-refractivity contribution in [1.82, 2.24) is 15.3 Å². The highest BCUT2D eigenvalue weighted by molar-refractivity contribution is 9.10. The van der Waals surface area contributed by atoms with Crippen molar-refractivity contribution in [2.75, 3.05) is 7.05 Å². The van der Waals surface area contributed by atoms with Crippen LogP contribution in [0.25, 0.3) is 0 Å². The van der Waals surface area contributed by atoms with Gasteiger partial charge >= 0.3 is 0 Å². The lowest BCUT2D eigenvalue weighted by Crippen LogP contribution is -2.19. The first kappa shape index (κ1) is 12.6. The van der Waals surface area contributed by atoms with Crippen LogP contribution in [0.4, 0.5) is 0 Å². The lowest BCUT2D eigenvalue weighted by atomic mass is 10.0. The van der Waals surface area contributed by atoms with Crippen LogP contribution in [0.5, 0.6) is 0 Å². The molecule has 0 bridgehead atoms. The van der Waals surface area contributed by atoms with Gasteiger partial charge in [0.25, 0.3) is 0 Å². The van der Waals surface area contributed by atoms with Gasteiger partial charge in [-0.2, -0.15) is 0 Å². The molecule has 90 valence electrons. The molecule has 0 aliphatic heterocycles. The minimum absolute atomic E-state index is 0.202. The first-order valence-electron chi connectivity index (χ1n) is 5.31. The van der Waals surface area contributed by atoms with E-state index in [2.05, 4.69) is 31.2 Å². The van der Waals surface area contributed by atoms with E-state index in [-0.39, 0.29) is 6.04 Å². The minimum Gasteiger partial charge on any atom is -0.349 e. The maximum absolute atomic E-state index is 5.94. The van der Waals surface area contributed by atoms with Crippen LogP contribution >= 0.6 is 27.5 Å². The molecule has 2 aromatic rings. The first-order chi connectivity index (χ1) is 8.20. The Kier molecular flexibility index (Phi) is 4.20. The van der Waals surface area contributed by atoms with E-state index in [1.165, 1.54) is 5.56 Å². The number of hydrogen-bond acceptors (Lipinski definition) is 2. The summed E-state index contributed by atoms with van der Waals surface area (Å²) in [5, 5.41) is 4.01. The molecule has 0 saturated heterocycles. The van der Waals surface area contributed by atoms with E-state index in [4.69, 9.17) is 11.6 Å². The molecular formula is C12H13BrClN3. The van der Waals surface area contributed by atoms with Gasteiger partial charge in [0.05, 0.1) is 0 Å². The fourth-order valence-electron chi connectivity index (χ4n) is 1.75. The van der Waals surface area contributed by atoms with E-state index in [1.807, 2.05) is 31.4 Å². The Balaban J connectivity index is 2.23. The lowest BCUT2D eigenvalue weighted by Gasteiger charge is -2.17. The van der Waals surface area contributed by atoms with Gasteiger partial charge in [-0.1, -0.05) is 33.6 Å². The van der Waals surface area contributed by atoms with Crippen molar-refractivity contribution in [3.05, 3.63) is 51.5 Å². The molecule has 0 radical (unpaired) electrons. The molecule has 0 amide bonds. The zero-order chi connectivity index (χ0) is 12.3. The molecule has 3 nitrogen and oxygen atoms in total. The fraction of sp³-hybridized carbons (Fsp3) is 0.250. The van der Waals surface area contributed by atoms with Gasteiger partial charge in [-0.15, -0.1) is 0 Å². The predicted molar refractivity (Wildman–Crippen MR) is 73.2 cm³/mol. The molecule has 1 atom stereocenters. The van der Waals surface area contributed by atoms with Crippen LogP contribution in [0.1, 0.15) is 17.4 Å². The number of rotatable bonds is 4. The maximum Gasteiger partial charge on any atom is 0.107 e. The van der Waals surface area contributed by atoms with Crippen molar-refractivity contribution in [1.29, 1.82) is 0 Å². The van der Waals surface area contributed by atoms with Crippen molar-refractivity contribution < 1.29 is 0 Å². The van der Waals surface area contributed by atoms with Gasteiger partial charge in [0, 0.05) is 34.4 Å². The van der Waals surface area contributed by atoms with Crippen LogP contribution in [0.3, 0.4) is 0 Å². The zero-order valence-electron chi connectivity index (χ0n) is 9.37. The number of hydrogen-bond donors (Lipinski definition) is 2. The van der Waals surface area contributed by atoms with Crippen LogP contribution in [-0.4, -0.2) is 17.0 Å². The second-order valence-electron chi connectivity index (χ2n) is 3.75. The Morgan fingerprint density at radius 3 is 2.94 bits per heavy atom. The fourth-order valence-corrected chi connectivity index (χ4v) is 2.71. The number of nitrogens with one attached hydrogen (secondary N) is 2. The molecule has 0 spiro atoms. The van der Waals surface area contributed by atoms with Crippen molar-refractivity contribution in [2.45, 2.75) is 12.5 Å². The Labute approximate surface area is 114 Å². The molecule has 1 unspecified atom stereocenters. The highest BCUT2D eigenvalue weighted by Gasteiger charge is 2.14. The molecule has 2 rings (SSSR count). The van der Waals surface area contributed by atoms with Crippen molar-refractivity contribution >= 4 is 27.5 Å². The van der Waals surface area contributed by atoms with Crippen molar-refractivity contribution in [2.24, 2.45) is 0 Å². The van der Waals surface area contributed by atoms with Gasteiger partial charge in [0.2, 0.25) is 0 Å². The third-order valence-electron chi connectivity index (χ3n) is 2.64. The largest absolute Gasteiger partial charge is 0.349 e. The molecular weight excluding hydrogens is 302 g/mol. The van der Waals surface area contributed by atoms with Crippen LogP contribution in [-0.2, 0) is 6.42 Å². The Morgan fingerprint density at radius 2 is 2.35 bits per heavy atom. The Morgan fingerprint density at radius 1 is 1.53 bits per heavy atom. The molecule has 1 aromatic carbocycles. The molecule has 0 aliphatic rings. The normalized spacial score (nSPS) is 12.6. The molecule has 1 aromatic heterocycles. The number of aromatic nitrogens is 2. The van der Waals surface area contributed by atoms with Crippen LogP contribution < -0.4 is 5.32 Å². The third-order valence-corrected chi connectivity index (χ3v) is 3.56. The van der Waals surface area contributed by atoms with Gasteiger partial charge in [0.15, 0.2) is 0 Å². The second-order valence-corrected chi connectivity index (χ2v) is 5.04. The average molecular weight is 315 g/mol. The topological polar surface area (TPSA) is 40.7 Å². The molecule has 1 heterocycles.